The number of carbonyl (C=O) groups is 3. The summed E-state index contributed by atoms with van der Waals surface area (Å²) in [5.41, 5.74) is 0. The van der Waals surface area contributed by atoms with Gasteiger partial charge in [-0.15, -0.1) is 0 Å². The molecule has 0 radical (unpaired) electrons. The molecule has 0 heterocycles. The molecule has 0 bridgehead atoms. The predicted molar refractivity (Wildman–Crippen MR) is 317 cm³/mol. The van der Waals surface area contributed by atoms with Crippen molar-refractivity contribution in [2.75, 3.05) is 13.2 Å². The third-order valence-electron chi connectivity index (χ3n) is 15.3. The molecule has 0 aliphatic rings. The van der Waals surface area contributed by atoms with Crippen molar-refractivity contribution in [2.24, 2.45) is 0 Å². The molecule has 1 unspecified atom stereocenters. The van der Waals surface area contributed by atoms with Gasteiger partial charge >= 0.3 is 17.9 Å². The SMILES string of the molecule is CCCCC/C=C\CCCCCCCC(=O)OCC(COC(=O)CCCCCCCCCCCCCCCCCCCCCCCCCCCCCCC)OC(=O)CCCCCCCCCCCCCCCC. The Bertz CT molecular complexity index is 1130. The van der Waals surface area contributed by atoms with Crippen LogP contribution in [-0.2, 0) is 28.6 Å². The minimum Gasteiger partial charge on any atom is -0.462 e. The first-order chi connectivity index (χ1) is 36.0. The van der Waals surface area contributed by atoms with Gasteiger partial charge in [0.25, 0.3) is 0 Å². The summed E-state index contributed by atoms with van der Waals surface area (Å²) < 4.78 is 16.9. The first kappa shape index (κ1) is 71.2. The number of esters is 3. The zero-order valence-electron chi connectivity index (χ0n) is 49.7. The van der Waals surface area contributed by atoms with Crippen LogP contribution in [0, 0.1) is 0 Å². The van der Waals surface area contributed by atoms with Crippen LogP contribution in [0.1, 0.15) is 380 Å². The second-order valence-corrected chi connectivity index (χ2v) is 22.7. The lowest BCUT2D eigenvalue weighted by molar-refractivity contribution is -0.167. The average molecular weight is 1030 g/mol. The van der Waals surface area contributed by atoms with Gasteiger partial charge in [0.05, 0.1) is 0 Å². The minimum atomic E-state index is -0.768. The van der Waals surface area contributed by atoms with E-state index in [2.05, 4.69) is 32.9 Å². The molecule has 0 fully saturated rings. The van der Waals surface area contributed by atoms with Crippen molar-refractivity contribution in [3.63, 3.8) is 0 Å². The van der Waals surface area contributed by atoms with E-state index in [0.29, 0.717) is 19.3 Å². The van der Waals surface area contributed by atoms with Crippen molar-refractivity contribution in [3.8, 4) is 0 Å². The van der Waals surface area contributed by atoms with Crippen LogP contribution in [0.4, 0.5) is 0 Å². The molecule has 1 atom stereocenters. The topological polar surface area (TPSA) is 78.9 Å². The molecule has 0 aliphatic heterocycles. The molecule has 0 aromatic carbocycles. The molecule has 6 heteroatoms. The van der Waals surface area contributed by atoms with Crippen LogP contribution >= 0.6 is 0 Å². The van der Waals surface area contributed by atoms with E-state index in [1.54, 1.807) is 0 Å². The van der Waals surface area contributed by atoms with E-state index in [1.165, 1.54) is 276 Å². The van der Waals surface area contributed by atoms with E-state index < -0.39 is 6.10 Å². The summed E-state index contributed by atoms with van der Waals surface area (Å²) in [6.45, 7) is 6.68. The van der Waals surface area contributed by atoms with Crippen molar-refractivity contribution >= 4 is 17.9 Å². The molecule has 432 valence electrons. The zero-order chi connectivity index (χ0) is 52.9. The largest absolute Gasteiger partial charge is 0.462 e. The molecule has 0 saturated carbocycles. The Morgan fingerprint density at radius 3 is 0.712 bits per heavy atom. The molecule has 0 rings (SSSR count). The molecule has 73 heavy (non-hydrogen) atoms. The van der Waals surface area contributed by atoms with E-state index in [0.717, 1.165) is 64.2 Å². The van der Waals surface area contributed by atoms with Gasteiger partial charge in [0.1, 0.15) is 13.2 Å². The fraction of sp³-hybridized carbons (Fsp3) is 0.925. The van der Waals surface area contributed by atoms with Crippen molar-refractivity contribution in [3.05, 3.63) is 12.2 Å². The summed E-state index contributed by atoms with van der Waals surface area (Å²) in [5, 5.41) is 0. The summed E-state index contributed by atoms with van der Waals surface area (Å²) in [6, 6.07) is 0. The second-order valence-electron chi connectivity index (χ2n) is 22.7. The fourth-order valence-corrected chi connectivity index (χ4v) is 10.3. The lowest BCUT2D eigenvalue weighted by Gasteiger charge is -2.18. The molecule has 6 nitrogen and oxygen atoms in total. The highest BCUT2D eigenvalue weighted by atomic mass is 16.6. The molecule has 0 aromatic heterocycles. The standard InChI is InChI=1S/C67H128O6/c1-4-7-10-13-16-19-22-25-27-28-29-30-31-32-33-34-35-36-37-38-39-40-41-43-45-48-51-54-57-60-66(69)72-63-64(62-71-65(68)59-56-53-50-47-44-24-21-18-15-12-9-6-3)73-67(70)61-58-55-52-49-46-42-26-23-20-17-14-11-8-5-2/h18,21,64H,4-17,19-20,22-63H2,1-3H3/b21-18-. The van der Waals surface area contributed by atoms with Gasteiger partial charge in [-0.05, 0) is 44.9 Å². The molecule has 0 N–H and O–H groups in total. The first-order valence-electron chi connectivity index (χ1n) is 33.2. The summed E-state index contributed by atoms with van der Waals surface area (Å²) >= 11 is 0. The number of carbonyl (C=O) groups excluding carboxylic acids is 3. The van der Waals surface area contributed by atoms with Gasteiger partial charge in [0.15, 0.2) is 6.10 Å². The van der Waals surface area contributed by atoms with E-state index in [-0.39, 0.29) is 31.1 Å². The summed E-state index contributed by atoms with van der Waals surface area (Å²) in [7, 11) is 0. The fourth-order valence-electron chi connectivity index (χ4n) is 10.3. The predicted octanol–water partition coefficient (Wildman–Crippen LogP) is 22.4. The van der Waals surface area contributed by atoms with E-state index in [1.807, 2.05) is 0 Å². The maximum atomic E-state index is 12.9. The van der Waals surface area contributed by atoms with Gasteiger partial charge in [-0.3, -0.25) is 14.4 Å². The van der Waals surface area contributed by atoms with E-state index >= 15 is 0 Å². The quantitative estimate of drug-likeness (QED) is 0.0261. The van der Waals surface area contributed by atoms with Crippen molar-refractivity contribution < 1.29 is 28.6 Å². The van der Waals surface area contributed by atoms with Gasteiger partial charge in [0.2, 0.25) is 0 Å². The maximum Gasteiger partial charge on any atom is 0.306 e. The van der Waals surface area contributed by atoms with Crippen LogP contribution in [0.5, 0.6) is 0 Å². The van der Waals surface area contributed by atoms with Crippen LogP contribution in [-0.4, -0.2) is 37.2 Å². The second kappa shape index (κ2) is 62.7. The van der Waals surface area contributed by atoms with Gasteiger partial charge in [-0.25, -0.2) is 0 Å². The zero-order valence-corrected chi connectivity index (χ0v) is 49.7. The molecule has 0 aromatic rings. The lowest BCUT2D eigenvalue weighted by atomic mass is 10.0. The highest BCUT2D eigenvalue weighted by Gasteiger charge is 2.19. The highest BCUT2D eigenvalue weighted by molar-refractivity contribution is 5.71. The highest BCUT2D eigenvalue weighted by Crippen LogP contribution is 2.19. The first-order valence-corrected chi connectivity index (χ1v) is 33.2. The van der Waals surface area contributed by atoms with Crippen LogP contribution in [0.15, 0.2) is 12.2 Å². The smallest absolute Gasteiger partial charge is 0.306 e. The van der Waals surface area contributed by atoms with Gasteiger partial charge in [-0.1, -0.05) is 328 Å². The average Bonchev–Trinajstić information content (AvgIpc) is 3.39. The molecular formula is C67H128O6. The number of rotatable bonds is 62. The van der Waals surface area contributed by atoms with Crippen molar-refractivity contribution in [1.29, 1.82) is 0 Å². The molecule has 0 aliphatic carbocycles. The Balaban J connectivity index is 4.09. The van der Waals surface area contributed by atoms with Crippen LogP contribution in [0.3, 0.4) is 0 Å². The Morgan fingerprint density at radius 2 is 0.452 bits per heavy atom. The molecule has 0 saturated heterocycles. The summed E-state index contributed by atoms with van der Waals surface area (Å²) in [5.74, 6) is -0.848. The maximum absolute atomic E-state index is 12.9. The van der Waals surface area contributed by atoms with Crippen LogP contribution in [0.2, 0.25) is 0 Å². The Kier molecular flexibility index (Phi) is 61.1. The van der Waals surface area contributed by atoms with E-state index in [9.17, 15) is 14.4 Å². The Morgan fingerprint density at radius 1 is 0.260 bits per heavy atom. The Labute approximate surface area is 456 Å². The molecule has 0 spiro atoms. The summed E-state index contributed by atoms with van der Waals surface area (Å²) in [6.07, 6.45) is 73.9. The summed E-state index contributed by atoms with van der Waals surface area (Å²) in [4.78, 5) is 38.2. The Hall–Kier alpha value is -1.85. The lowest BCUT2D eigenvalue weighted by Crippen LogP contribution is -2.30. The van der Waals surface area contributed by atoms with Crippen molar-refractivity contribution in [2.45, 2.75) is 386 Å². The van der Waals surface area contributed by atoms with Gasteiger partial charge in [0, 0.05) is 19.3 Å². The minimum absolute atomic E-state index is 0.0663. The monoisotopic (exact) mass is 1030 g/mol. The number of allylic oxidation sites excluding steroid dienone is 2. The van der Waals surface area contributed by atoms with E-state index in [4.69, 9.17) is 14.2 Å². The normalized spacial score (nSPS) is 12.0. The number of ether oxygens (including phenoxy) is 3. The van der Waals surface area contributed by atoms with Gasteiger partial charge < -0.3 is 14.2 Å². The van der Waals surface area contributed by atoms with Crippen molar-refractivity contribution in [1.82, 2.24) is 0 Å². The number of unbranched alkanes of at least 4 members (excludes halogenated alkanes) is 49. The molecule has 0 amide bonds. The van der Waals surface area contributed by atoms with Gasteiger partial charge in [-0.2, -0.15) is 0 Å². The third kappa shape index (κ3) is 60.9. The number of hydrogen-bond acceptors (Lipinski definition) is 6. The van der Waals surface area contributed by atoms with Crippen LogP contribution in [0.25, 0.3) is 0 Å². The van der Waals surface area contributed by atoms with Crippen LogP contribution < -0.4 is 0 Å². The number of hydrogen-bond donors (Lipinski definition) is 0. The molecular weight excluding hydrogens is 901 g/mol. The third-order valence-corrected chi connectivity index (χ3v) is 15.3.